The Kier molecular flexibility index (Phi) is 10.3. The van der Waals surface area contributed by atoms with E-state index >= 15 is 0 Å². The molecule has 0 radical (unpaired) electrons. The monoisotopic (exact) mass is 488 g/mol. The minimum Gasteiger partial charge on any atom is -0.356 e. The zero-order valence-electron chi connectivity index (χ0n) is 16.9. The largest absolute Gasteiger partial charge is 0.356 e. The van der Waals surface area contributed by atoms with Gasteiger partial charge in [-0.25, -0.2) is 8.42 Å². The van der Waals surface area contributed by atoms with Gasteiger partial charge in [0, 0.05) is 45.3 Å². The van der Waals surface area contributed by atoms with E-state index in [0.29, 0.717) is 25.2 Å². The van der Waals surface area contributed by atoms with Crippen LogP contribution in [-0.4, -0.2) is 80.0 Å². The van der Waals surface area contributed by atoms with Crippen molar-refractivity contribution in [3.8, 4) is 0 Å². The van der Waals surface area contributed by atoms with Gasteiger partial charge in [-0.05, 0) is 48.0 Å². The van der Waals surface area contributed by atoms with Crippen molar-refractivity contribution in [1.29, 1.82) is 0 Å². The molecule has 0 atom stereocenters. The van der Waals surface area contributed by atoms with Gasteiger partial charge in [0.2, 0.25) is 0 Å². The van der Waals surface area contributed by atoms with Gasteiger partial charge in [-0.2, -0.15) is 0 Å². The summed E-state index contributed by atoms with van der Waals surface area (Å²) in [6, 6.07) is 1.08. The fourth-order valence-corrected chi connectivity index (χ4v) is 4.60. The molecule has 0 saturated carbocycles. The number of hydrogen-bond acceptors (Lipinski definition) is 4. The maximum atomic E-state index is 12.1. The normalized spacial score (nSPS) is 20.1. The number of halogens is 1. The molecule has 1 aliphatic rings. The molecule has 0 aromatic carbocycles. The third-order valence-electron chi connectivity index (χ3n) is 4.76. The summed E-state index contributed by atoms with van der Waals surface area (Å²) >= 11 is 0. The summed E-state index contributed by atoms with van der Waals surface area (Å²) in [6.07, 6.45) is 1.03. The zero-order valence-corrected chi connectivity index (χ0v) is 20.0. The standard InChI is InChI=1S/C17H36N4O2S.HI/c1-14(2)21(15(3)4)10-8-9-19-16(18-7)20-11-12-24(22,23)17(5,6)13-20;/h14-15H,8-13H2,1-7H3,(H,18,19);1H. The molecule has 150 valence electrons. The highest BCUT2D eigenvalue weighted by molar-refractivity contribution is 14.0. The summed E-state index contributed by atoms with van der Waals surface area (Å²) in [5.74, 6) is 0.994. The van der Waals surface area contributed by atoms with E-state index in [1.807, 2.05) is 0 Å². The predicted molar refractivity (Wildman–Crippen MR) is 118 cm³/mol. The molecule has 25 heavy (non-hydrogen) atoms. The molecule has 1 aliphatic heterocycles. The molecule has 6 nitrogen and oxygen atoms in total. The summed E-state index contributed by atoms with van der Waals surface area (Å²) in [5.41, 5.74) is 0. The zero-order chi connectivity index (χ0) is 18.5. The van der Waals surface area contributed by atoms with Crippen LogP contribution in [0, 0.1) is 0 Å². The van der Waals surface area contributed by atoms with Crippen molar-refractivity contribution in [2.24, 2.45) is 4.99 Å². The maximum absolute atomic E-state index is 12.1. The molecule has 0 aromatic heterocycles. The maximum Gasteiger partial charge on any atom is 0.193 e. The van der Waals surface area contributed by atoms with Gasteiger partial charge in [0.1, 0.15) is 0 Å². The van der Waals surface area contributed by atoms with E-state index in [2.05, 4.69) is 47.8 Å². The molecule has 1 rings (SSSR count). The van der Waals surface area contributed by atoms with E-state index < -0.39 is 14.6 Å². The molecule has 8 heteroatoms. The average molecular weight is 488 g/mol. The van der Waals surface area contributed by atoms with Crippen LogP contribution in [0.3, 0.4) is 0 Å². The van der Waals surface area contributed by atoms with Gasteiger partial charge in [0.25, 0.3) is 0 Å². The van der Waals surface area contributed by atoms with Crippen LogP contribution in [0.1, 0.15) is 48.0 Å². The Morgan fingerprint density at radius 2 is 1.80 bits per heavy atom. The first-order chi connectivity index (χ1) is 11.0. The third-order valence-corrected chi connectivity index (χ3v) is 7.29. The van der Waals surface area contributed by atoms with Gasteiger partial charge in [-0.15, -0.1) is 24.0 Å². The number of nitrogens with zero attached hydrogens (tertiary/aromatic N) is 3. The van der Waals surface area contributed by atoms with Gasteiger partial charge < -0.3 is 10.2 Å². The number of aliphatic imine (C=N–C) groups is 1. The van der Waals surface area contributed by atoms with Crippen LogP contribution in [0.2, 0.25) is 0 Å². The van der Waals surface area contributed by atoms with E-state index in [1.54, 1.807) is 20.9 Å². The number of guanidine groups is 1. The highest BCUT2D eigenvalue weighted by atomic mass is 127. The van der Waals surface area contributed by atoms with Gasteiger partial charge in [-0.1, -0.05) is 0 Å². The average Bonchev–Trinajstić information content (AvgIpc) is 2.45. The summed E-state index contributed by atoms with van der Waals surface area (Å²) in [6.45, 7) is 15.4. The Bertz CT molecular complexity index is 525. The second-order valence-electron chi connectivity index (χ2n) is 7.75. The molecule has 0 unspecified atom stereocenters. The van der Waals surface area contributed by atoms with Crippen LogP contribution in [0.4, 0.5) is 0 Å². The number of sulfone groups is 1. The van der Waals surface area contributed by atoms with Crippen molar-refractivity contribution in [3.05, 3.63) is 0 Å². The van der Waals surface area contributed by atoms with E-state index in [4.69, 9.17) is 0 Å². The molecular formula is C17H37IN4O2S. The molecule has 0 amide bonds. The molecule has 0 aromatic rings. The van der Waals surface area contributed by atoms with Crippen molar-refractivity contribution < 1.29 is 8.42 Å². The van der Waals surface area contributed by atoms with Gasteiger partial charge >= 0.3 is 0 Å². The first kappa shape index (κ1) is 24.9. The first-order valence-electron chi connectivity index (χ1n) is 8.95. The Labute approximate surface area is 171 Å². The van der Waals surface area contributed by atoms with E-state index in [9.17, 15) is 8.42 Å². The van der Waals surface area contributed by atoms with Crippen LogP contribution in [0.5, 0.6) is 0 Å². The van der Waals surface area contributed by atoms with E-state index in [-0.39, 0.29) is 29.7 Å². The lowest BCUT2D eigenvalue weighted by Crippen LogP contribution is -2.57. The molecule has 1 heterocycles. The topological polar surface area (TPSA) is 65.0 Å². The van der Waals surface area contributed by atoms with Crippen molar-refractivity contribution in [2.45, 2.75) is 64.8 Å². The molecule has 0 spiro atoms. The van der Waals surface area contributed by atoms with Crippen molar-refractivity contribution in [2.75, 3.05) is 39.0 Å². The Morgan fingerprint density at radius 3 is 2.24 bits per heavy atom. The van der Waals surface area contributed by atoms with Crippen LogP contribution >= 0.6 is 24.0 Å². The summed E-state index contributed by atoms with van der Waals surface area (Å²) in [4.78, 5) is 8.87. The minimum atomic E-state index is -3.02. The lowest BCUT2D eigenvalue weighted by Gasteiger charge is -2.39. The molecule has 1 fully saturated rings. The predicted octanol–water partition coefficient (Wildman–Crippen LogP) is 2.20. The highest BCUT2D eigenvalue weighted by Gasteiger charge is 2.40. The van der Waals surface area contributed by atoms with Crippen LogP contribution in [0.15, 0.2) is 4.99 Å². The molecule has 1 N–H and O–H groups in total. The number of nitrogens with one attached hydrogen (secondary N) is 1. The SMILES string of the molecule is CN=C(NCCCN(C(C)C)C(C)C)N1CCS(=O)(=O)C(C)(C)C1.I. The summed E-state index contributed by atoms with van der Waals surface area (Å²) < 4.78 is 23.5. The van der Waals surface area contributed by atoms with Crippen LogP contribution in [-0.2, 0) is 9.84 Å². The Morgan fingerprint density at radius 1 is 1.24 bits per heavy atom. The quantitative estimate of drug-likeness (QED) is 0.269. The number of rotatable bonds is 6. The second kappa shape index (κ2) is 10.3. The molecule has 0 aliphatic carbocycles. The van der Waals surface area contributed by atoms with E-state index in [0.717, 1.165) is 25.5 Å². The lowest BCUT2D eigenvalue weighted by molar-refractivity contribution is 0.173. The van der Waals surface area contributed by atoms with Crippen molar-refractivity contribution in [1.82, 2.24) is 15.1 Å². The lowest BCUT2D eigenvalue weighted by atomic mass is 10.2. The van der Waals surface area contributed by atoms with Gasteiger partial charge in [0.05, 0.1) is 10.5 Å². The summed E-state index contributed by atoms with van der Waals surface area (Å²) in [5, 5.41) is 3.39. The Hall–Kier alpha value is -0.0900. The second-order valence-corrected chi connectivity index (χ2v) is 10.5. The Balaban J connectivity index is 0.00000576. The van der Waals surface area contributed by atoms with Crippen molar-refractivity contribution in [3.63, 3.8) is 0 Å². The fourth-order valence-electron chi connectivity index (χ4n) is 3.23. The van der Waals surface area contributed by atoms with Crippen LogP contribution < -0.4 is 5.32 Å². The first-order valence-corrected chi connectivity index (χ1v) is 10.6. The van der Waals surface area contributed by atoms with Gasteiger partial charge in [0.15, 0.2) is 15.8 Å². The van der Waals surface area contributed by atoms with Crippen LogP contribution in [0.25, 0.3) is 0 Å². The smallest absolute Gasteiger partial charge is 0.193 e. The number of hydrogen-bond donors (Lipinski definition) is 1. The van der Waals surface area contributed by atoms with Crippen molar-refractivity contribution >= 4 is 39.8 Å². The fraction of sp³-hybridized carbons (Fsp3) is 0.941. The van der Waals surface area contributed by atoms with E-state index in [1.165, 1.54) is 0 Å². The minimum absolute atomic E-state index is 0. The third kappa shape index (κ3) is 6.86. The molecular weight excluding hydrogens is 451 g/mol. The highest BCUT2D eigenvalue weighted by Crippen LogP contribution is 2.23. The van der Waals surface area contributed by atoms with Gasteiger partial charge in [-0.3, -0.25) is 9.89 Å². The summed E-state index contributed by atoms with van der Waals surface area (Å²) in [7, 11) is -1.27. The molecule has 1 saturated heterocycles. The molecule has 0 bridgehead atoms.